The Hall–Kier alpha value is -3.20. The van der Waals surface area contributed by atoms with Crippen molar-refractivity contribution in [2.45, 2.75) is 12.5 Å². The number of hydrogen-bond acceptors (Lipinski definition) is 2. The van der Waals surface area contributed by atoms with Gasteiger partial charge in [-0.05, 0) is 41.5 Å². The topological polar surface area (TPSA) is 15.6 Å². The highest BCUT2D eigenvalue weighted by Crippen LogP contribution is 2.35. The van der Waals surface area contributed by atoms with Gasteiger partial charge in [0.15, 0.2) is 0 Å². The lowest BCUT2D eigenvalue weighted by molar-refractivity contribution is 0.626. The molecule has 0 fully saturated rings. The molecule has 0 N–H and O–H groups in total. The van der Waals surface area contributed by atoms with Crippen molar-refractivity contribution in [3.05, 3.63) is 108 Å². The van der Waals surface area contributed by atoms with Crippen LogP contribution < -0.4 is 5.01 Å². The molecule has 128 valence electrons. The van der Waals surface area contributed by atoms with Crippen molar-refractivity contribution in [1.29, 1.82) is 0 Å². The van der Waals surface area contributed by atoms with Gasteiger partial charge in [-0.3, -0.25) is 5.01 Å². The quantitative estimate of drug-likeness (QED) is 0.581. The zero-order valence-electron chi connectivity index (χ0n) is 14.3. The molecule has 0 aliphatic carbocycles. The van der Waals surface area contributed by atoms with Crippen molar-refractivity contribution < 1.29 is 4.39 Å². The summed E-state index contributed by atoms with van der Waals surface area (Å²) in [5.41, 5.74) is 4.24. The summed E-state index contributed by atoms with van der Waals surface area (Å²) in [7, 11) is 0. The maximum absolute atomic E-state index is 13.3. The molecule has 1 atom stereocenters. The molecule has 1 heterocycles. The maximum atomic E-state index is 13.3. The molecule has 1 aliphatic heterocycles. The molecule has 0 bridgehead atoms. The summed E-state index contributed by atoms with van der Waals surface area (Å²) in [4.78, 5) is 0. The number of allylic oxidation sites excluding steroid dienone is 1. The van der Waals surface area contributed by atoms with Gasteiger partial charge < -0.3 is 0 Å². The number of nitrogens with zero attached hydrogens (tertiary/aromatic N) is 2. The van der Waals surface area contributed by atoms with E-state index in [9.17, 15) is 4.39 Å². The van der Waals surface area contributed by atoms with Gasteiger partial charge in [0.1, 0.15) is 5.82 Å². The molecule has 0 saturated heterocycles. The number of anilines is 1. The van der Waals surface area contributed by atoms with Crippen LogP contribution in [-0.2, 0) is 0 Å². The van der Waals surface area contributed by atoms with Crippen LogP contribution in [0.2, 0.25) is 0 Å². The minimum Gasteiger partial charge on any atom is -0.257 e. The number of benzene rings is 3. The second kappa shape index (κ2) is 7.36. The summed E-state index contributed by atoms with van der Waals surface area (Å²) in [5.74, 6) is -0.239. The monoisotopic (exact) mass is 342 g/mol. The van der Waals surface area contributed by atoms with E-state index >= 15 is 0 Å². The largest absolute Gasteiger partial charge is 0.257 e. The van der Waals surface area contributed by atoms with Crippen molar-refractivity contribution in [1.82, 2.24) is 0 Å². The first kappa shape index (κ1) is 16.3. The molecule has 0 saturated carbocycles. The highest BCUT2D eigenvalue weighted by atomic mass is 19.1. The Balaban J connectivity index is 1.65. The van der Waals surface area contributed by atoms with E-state index in [1.165, 1.54) is 17.7 Å². The van der Waals surface area contributed by atoms with Crippen LogP contribution in [0.25, 0.3) is 6.08 Å². The first-order valence-corrected chi connectivity index (χ1v) is 8.70. The van der Waals surface area contributed by atoms with Gasteiger partial charge in [0, 0.05) is 6.42 Å². The summed E-state index contributed by atoms with van der Waals surface area (Å²) >= 11 is 0. The van der Waals surface area contributed by atoms with Gasteiger partial charge in [0.2, 0.25) is 0 Å². The van der Waals surface area contributed by atoms with E-state index in [-0.39, 0.29) is 11.9 Å². The zero-order chi connectivity index (χ0) is 17.8. The van der Waals surface area contributed by atoms with Crippen LogP contribution in [-0.4, -0.2) is 5.71 Å². The average Bonchev–Trinajstić information content (AvgIpc) is 3.13. The molecule has 3 aromatic rings. The fourth-order valence-electron chi connectivity index (χ4n) is 3.16. The molecule has 1 unspecified atom stereocenters. The summed E-state index contributed by atoms with van der Waals surface area (Å²) in [6, 6.07) is 27.1. The zero-order valence-corrected chi connectivity index (χ0v) is 14.3. The third-order valence-electron chi connectivity index (χ3n) is 4.48. The van der Waals surface area contributed by atoms with Crippen LogP contribution in [0.5, 0.6) is 0 Å². The van der Waals surface area contributed by atoms with Gasteiger partial charge in [-0.1, -0.05) is 66.7 Å². The van der Waals surface area contributed by atoms with Gasteiger partial charge in [0.05, 0.1) is 17.4 Å². The van der Waals surface area contributed by atoms with Crippen LogP contribution in [0, 0.1) is 5.82 Å². The number of hydrazone groups is 1. The van der Waals surface area contributed by atoms with Gasteiger partial charge in [-0.25, -0.2) is 4.39 Å². The van der Waals surface area contributed by atoms with E-state index in [0.717, 1.165) is 23.4 Å². The molecule has 2 nitrogen and oxygen atoms in total. The van der Waals surface area contributed by atoms with Crippen molar-refractivity contribution in [2.75, 3.05) is 5.01 Å². The Morgan fingerprint density at radius 1 is 0.808 bits per heavy atom. The molecule has 26 heavy (non-hydrogen) atoms. The number of halogens is 1. The predicted octanol–water partition coefficient (Wildman–Crippen LogP) is 5.85. The lowest BCUT2D eigenvalue weighted by atomic mass is 10.0. The molecular formula is C23H19FN2. The molecule has 3 heteroatoms. The Morgan fingerprint density at radius 2 is 1.46 bits per heavy atom. The lowest BCUT2D eigenvalue weighted by Gasteiger charge is -2.24. The summed E-state index contributed by atoms with van der Waals surface area (Å²) in [6.45, 7) is 0. The van der Waals surface area contributed by atoms with Crippen LogP contribution in [0.4, 0.5) is 10.1 Å². The third-order valence-corrected chi connectivity index (χ3v) is 4.48. The van der Waals surface area contributed by atoms with Crippen molar-refractivity contribution >= 4 is 17.5 Å². The molecular weight excluding hydrogens is 323 g/mol. The van der Waals surface area contributed by atoms with Crippen molar-refractivity contribution in [3.8, 4) is 0 Å². The minimum atomic E-state index is -0.239. The van der Waals surface area contributed by atoms with E-state index in [2.05, 4.69) is 36.4 Å². The van der Waals surface area contributed by atoms with E-state index in [1.54, 1.807) is 12.1 Å². The fourth-order valence-corrected chi connectivity index (χ4v) is 3.16. The van der Waals surface area contributed by atoms with Crippen molar-refractivity contribution in [3.63, 3.8) is 0 Å². The second-order valence-electron chi connectivity index (χ2n) is 6.29. The first-order valence-electron chi connectivity index (χ1n) is 8.70. The summed E-state index contributed by atoms with van der Waals surface area (Å²) in [6.07, 6.45) is 4.95. The lowest BCUT2D eigenvalue weighted by Crippen LogP contribution is -2.18. The standard InChI is InChI=1S/C23H19FN2/c24-20-12-15-22(16-13-20)26-23(19-9-5-2-6-10-19)17-21(25-26)14-11-18-7-3-1-4-8-18/h1-16,23H,17H2/b14-11+. The summed E-state index contributed by atoms with van der Waals surface area (Å²) in [5, 5.41) is 6.79. The van der Waals surface area contributed by atoms with E-state index in [0.29, 0.717) is 0 Å². The molecule has 0 spiro atoms. The Labute approximate surface area is 152 Å². The van der Waals surface area contributed by atoms with E-state index in [1.807, 2.05) is 41.4 Å². The third kappa shape index (κ3) is 3.57. The van der Waals surface area contributed by atoms with Crippen LogP contribution >= 0.6 is 0 Å². The number of rotatable bonds is 4. The molecule has 0 radical (unpaired) electrons. The molecule has 0 amide bonds. The van der Waals surface area contributed by atoms with Crippen LogP contribution in [0.15, 0.2) is 96.1 Å². The molecule has 3 aromatic carbocycles. The molecule has 4 rings (SSSR count). The smallest absolute Gasteiger partial charge is 0.123 e. The van der Waals surface area contributed by atoms with E-state index in [4.69, 9.17) is 5.10 Å². The van der Waals surface area contributed by atoms with Gasteiger partial charge in [-0.15, -0.1) is 0 Å². The number of hydrogen-bond donors (Lipinski definition) is 0. The average molecular weight is 342 g/mol. The fraction of sp³-hybridized carbons (Fsp3) is 0.0870. The first-order chi connectivity index (χ1) is 12.8. The summed E-state index contributed by atoms with van der Waals surface area (Å²) < 4.78 is 13.3. The van der Waals surface area contributed by atoms with Crippen LogP contribution in [0.1, 0.15) is 23.6 Å². The Kier molecular flexibility index (Phi) is 4.61. The Bertz CT molecular complexity index is 915. The van der Waals surface area contributed by atoms with Crippen molar-refractivity contribution in [2.24, 2.45) is 5.10 Å². The normalized spacial score (nSPS) is 16.9. The van der Waals surface area contributed by atoms with Crippen LogP contribution in [0.3, 0.4) is 0 Å². The Morgan fingerprint density at radius 3 is 2.15 bits per heavy atom. The van der Waals surface area contributed by atoms with Gasteiger partial charge in [-0.2, -0.15) is 5.10 Å². The second-order valence-corrected chi connectivity index (χ2v) is 6.29. The van der Waals surface area contributed by atoms with E-state index < -0.39 is 0 Å². The molecule has 0 aromatic heterocycles. The highest BCUT2D eigenvalue weighted by molar-refractivity contribution is 6.01. The highest BCUT2D eigenvalue weighted by Gasteiger charge is 2.28. The van der Waals surface area contributed by atoms with Gasteiger partial charge in [0.25, 0.3) is 0 Å². The molecule has 1 aliphatic rings. The van der Waals surface area contributed by atoms with Gasteiger partial charge >= 0.3 is 0 Å². The SMILES string of the molecule is Fc1ccc(N2N=C(/C=C/c3ccccc3)CC2c2ccccc2)cc1. The predicted molar refractivity (Wildman–Crippen MR) is 106 cm³/mol. The maximum Gasteiger partial charge on any atom is 0.123 e. The minimum absolute atomic E-state index is 0.108.